The van der Waals surface area contributed by atoms with Gasteiger partial charge >= 0.3 is 11.9 Å². The van der Waals surface area contributed by atoms with Gasteiger partial charge in [-0.25, -0.2) is 0 Å². The Hall–Kier alpha value is -2.25. The van der Waals surface area contributed by atoms with Crippen LogP contribution in [0.25, 0.3) is 0 Å². The summed E-state index contributed by atoms with van der Waals surface area (Å²) in [5.41, 5.74) is 12.6. The Morgan fingerprint density at radius 3 is 1.56 bits per heavy atom. The van der Waals surface area contributed by atoms with Crippen LogP contribution < -0.4 is 21.8 Å². The van der Waals surface area contributed by atoms with Crippen LogP contribution in [0.5, 0.6) is 5.75 Å². The third-order valence-corrected chi connectivity index (χ3v) is 25.0. The number of aromatic nitrogens is 2. The number of carboxylic acids is 1. The fraction of sp³-hybridized carbons (Fsp3) is 0.865. The number of alkyl halides is 1. The van der Waals surface area contributed by atoms with Gasteiger partial charge in [-0.05, 0) is 202 Å². The molecule has 0 bridgehead atoms. The number of esters is 1. The van der Waals surface area contributed by atoms with Gasteiger partial charge in [0.15, 0.2) is 6.29 Å². The van der Waals surface area contributed by atoms with Crippen LogP contribution in [0.2, 0.25) is 0 Å². The van der Waals surface area contributed by atoms with E-state index in [1.807, 2.05) is 110 Å². The molecule has 21 nitrogen and oxygen atoms in total. The molecule has 0 aromatic carbocycles. The topological polar surface area (TPSA) is 313 Å². The summed E-state index contributed by atoms with van der Waals surface area (Å²) in [5, 5.41) is 70.9. The fourth-order valence-electron chi connectivity index (χ4n) is 11.9. The van der Waals surface area contributed by atoms with Crippen LogP contribution in [0.4, 0.5) is 0 Å². The van der Waals surface area contributed by atoms with E-state index in [2.05, 4.69) is 197 Å². The number of halogens is 1. The standard InChI is InChI=1S/C13H26O2S2.C11H17NO2.C11H17NO.C9H19NO5.C9H19N.C8H15NO.C8H18O.C8H18S2.C7H16N2.C7H16.C6H12O2.C5H11Cl.2CH4/c1-11(2)8-10-17-16-9-6-7-12(14)15-13(3,4)5;1-7(2)4-10-9(6-13)5-12-8(3)11(10)14;1-10(2)6-8-13-9-11-5-3-4-7-12-11;1-4(2)10-6-8(13)7(12)5(3-11)15-9(6)14;1-7(2)8-5-3-4-6-9(8)10;1-6(2)4-8-5-7(3)9-10-8;1-4-6-9-7-5-8(2)3;1-4-6-9-10-7-5-8(2)3;1-7(2)9-5-3-8-4-6-9;1-4-5-6-7(2)3;1-5(2)3-4-6(7)8;1-5(2)3-4-6;;/h11H,6-10H2,1-5H3;5,7,13-14H,4,6H2,1-3H3;3-5,7,10H,6,8-9H2,1-2H3;4-14H,3H2,1-2H3;7-9H,3-6,10H2,1-2H3;6,8-9H,3-5H2,1-2H3;8H,4-7H2,1-3H3;8H,4-7H2,1-3H3;7-8H,3-6H2,1-2H3;7H,4-6H2,1-3H3;5H,3-4H2,1-2H3,(H,7,8);5H,3-4H2,1-2H3;2*1H4/t;;;5?,6?,7-,8+,9-;;;;;;;;;;/m...1........../s1. The average molecular weight is 1950 g/mol. The number of carbonyl (C=O) groups is 2. The van der Waals surface area contributed by atoms with Gasteiger partial charge in [0, 0.05) is 141 Å². The SMILES string of the molecule is C.C.C=C1CC(CC(C)C)ON1.CC(C)C1CCCCC1N.CC(C)CCC(=O)O.CC(C)CCCl.CC(C)CCOCc1ccccn1.CC(C)CCSSCCCC(=O)OC(C)(C)C.CC(C)N1CCNCC1.CC(C)NC1[C@H](O)OC(CO)[C@@H](O)[C@H]1O.CCCCC(C)C.CCCOCCC(C)C.CCCSSCCC(C)C.Cc1ncc(CO)c(CC(C)C)c1O. The molecular weight excluding hydrogens is 1730 g/mol. The third kappa shape index (κ3) is 97.4. The summed E-state index contributed by atoms with van der Waals surface area (Å²) in [7, 11) is 7.81. The summed E-state index contributed by atoms with van der Waals surface area (Å²) in [6, 6.07) is 6.39. The van der Waals surface area contributed by atoms with Crippen LogP contribution in [-0.4, -0.2) is 205 Å². The number of aromatic hydroxyl groups is 1. The zero-order valence-electron chi connectivity index (χ0n) is 87.5. The normalized spacial score (nSPS) is 18.1. The lowest BCUT2D eigenvalue weighted by Crippen LogP contribution is -2.64. The van der Waals surface area contributed by atoms with Crippen molar-refractivity contribution in [1.29, 1.82) is 0 Å². The molecule has 3 aliphatic heterocycles. The Bertz CT molecular complexity index is 2760. The molecule has 8 atom stereocenters. The highest BCUT2D eigenvalue weighted by atomic mass is 35.5. The lowest BCUT2D eigenvalue weighted by Gasteiger charge is -2.41. The number of aliphatic hydroxyl groups is 5. The van der Waals surface area contributed by atoms with Crippen LogP contribution in [-0.2, 0) is 53.0 Å². The molecule has 2 aromatic heterocycles. The number of piperazine rings is 1. The van der Waals surface area contributed by atoms with Crippen molar-refractivity contribution < 1.29 is 69.1 Å². The predicted octanol–water partition coefficient (Wildman–Crippen LogP) is 25.2. The molecule has 130 heavy (non-hydrogen) atoms. The summed E-state index contributed by atoms with van der Waals surface area (Å²) >= 11 is 5.40. The highest BCUT2D eigenvalue weighted by molar-refractivity contribution is 8.77. The van der Waals surface area contributed by atoms with Crippen molar-refractivity contribution in [2.24, 2.45) is 70.8 Å². The molecule has 0 amide bonds. The maximum Gasteiger partial charge on any atom is 0.306 e. The van der Waals surface area contributed by atoms with E-state index in [9.17, 15) is 30.0 Å². The molecule has 1 aliphatic carbocycles. The van der Waals surface area contributed by atoms with E-state index in [4.69, 9.17) is 56.4 Å². The van der Waals surface area contributed by atoms with E-state index in [0.717, 1.165) is 166 Å². The number of carbonyl (C=O) groups excluding carboxylic acids is 1. The fourth-order valence-corrected chi connectivity index (χ4v) is 17.2. The summed E-state index contributed by atoms with van der Waals surface area (Å²) < 4.78 is 21.0. The third-order valence-electron chi connectivity index (χ3n) is 19.6. The van der Waals surface area contributed by atoms with Gasteiger partial charge < -0.3 is 71.1 Å². The molecule has 0 spiro atoms. The largest absolute Gasteiger partial charge is 0.506 e. The molecule has 2 aromatic rings. The number of aliphatic carboxylic acids is 1. The molecular formula is C104H212ClN7O14S4. The second-order valence-electron chi connectivity index (χ2n) is 39.5. The van der Waals surface area contributed by atoms with Crippen LogP contribution in [0.15, 0.2) is 42.9 Å². The van der Waals surface area contributed by atoms with Crippen LogP contribution in [0.1, 0.15) is 373 Å². The summed E-state index contributed by atoms with van der Waals surface area (Å²) in [5.74, 6) is 13.2. The van der Waals surface area contributed by atoms with Crippen LogP contribution in [0, 0.1) is 72.0 Å². The number of aryl methyl sites for hydroxylation is 1. The van der Waals surface area contributed by atoms with Gasteiger partial charge in [0.1, 0.15) is 29.7 Å². The van der Waals surface area contributed by atoms with E-state index < -0.39 is 43.2 Å². The Balaban J connectivity index is -0.000000210. The Morgan fingerprint density at radius 1 is 0.654 bits per heavy atom. The number of unbranched alkanes of at least 4 members (excludes halogenated alkanes) is 1. The van der Waals surface area contributed by atoms with E-state index >= 15 is 0 Å². The van der Waals surface area contributed by atoms with Crippen molar-refractivity contribution in [2.75, 3.05) is 81.5 Å². The number of carboxylic acid groups (broad SMARTS) is 1. The van der Waals surface area contributed by atoms with Gasteiger partial charge in [-0.2, -0.15) is 0 Å². The van der Waals surface area contributed by atoms with Crippen molar-refractivity contribution in [2.45, 2.75) is 438 Å². The van der Waals surface area contributed by atoms with E-state index in [-0.39, 0.29) is 44.8 Å². The molecule has 4 aliphatic rings. The zero-order valence-corrected chi connectivity index (χ0v) is 91.5. The maximum absolute atomic E-state index is 11.4. The van der Waals surface area contributed by atoms with Crippen molar-refractivity contribution in [3.05, 3.63) is 65.4 Å². The second-order valence-corrected chi connectivity index (χ2v) is 45.3. The molecule has 5 unspecified atom stereocenters. The number of aliphatic hydroxyl groups excluding tert-OH is 5. The monoisotopic (exact) mass is 1950 g/mol. The highest BCUT2D eigenvalue weighted by Gasteiger charge is 2.43. The highest BCUT2D eigenvalue weighted by Crippen LogP contribution is 2.31. The lowest BCUT2D eigenvalue weighted by molar-refractivity contribution is -0.255. The van der Waals surface area contributed by atoms with E-state index in [1.54, 1.807) is 19.3 Å². The van der Waals surface area contributed by atoms with Crippen molar-refractivity contribution in [3.63, 3.8) is 0 Å². The molecule has 12 N–H and O–H groups in total. The number of nitrogens with one attached hydrogen (secondary N) is 3. The second kappa shape index (κ2) is 94.4. The molecule has 6 rings (SSSR count). The van der Waals surface area contributed by atoms with Gasteiger partial charge in [-0.1, -0.05) is 276 Å². The van der Waals surface area contributed by atoms with Gasteiger partial charge in [0.05, 0.1) is 43.4 Å². The van der Waals surface area contributed by atoms with Crippen molar-refractivity contribution >= 4 is 66.7 Å². The Kier molecular flexibility index (Phi) is 104. The van der Waals surface area contributed by atoms with Gasteiger partial charge in [-0.15, -0.1) is 11.6 Å². The predicted molar refractivity (Wildman–Crippen MR) is 570 cm³/mol. The summed E-state index contributed by atoms with van der Waals surface area (Å²) in [6.45, 7) is 77.6. The molecule has 26 heteroatoms. The lowest BCUT2D eigenvalue weighted by atomic mass is 9.78. The van der Waals surface area contributed by atoms with Crippen LogP contribution >= 0.6 is 54.8 Å². The molecule has 4 fully saturated rings. The number of hydroxylamine groups is 1. The smallest absolute Gasteiger partial charge is 0.306 e. The molecule has 778 valence electrons. The minimum atomic E-state index is -1.23. The Labute approximate surface area is 822 Å². The molecule has 5 heterocycles. The van der Waals surface area contributed by atoms with E-state index in [0.29, 0.717) is 61.0 Å². The molecule has 1 saturated carbocycles. The molecule has 0 radical (unpaired) electrons. The number of pyridine rings is 2. The summed E-state index contributed by atoms with van der Waals surface area (Å²) in [6.07, 6.45) is 22.7. The molecule has 3 saturated heterocycles. The minimum Gasteiger partial charge on any atom is -0.506 e. The van der Waals surface area contributed by atoms with Gasteiger partial charge in [0.2, 0.25) is 0 Å². The first-order valence-corrected chi connectivity index (χ1v) is 54.7. The number of nitrogens with two attached hydrogens (primary N) is 1. The van der Waals surface area contributed by atoms with Crippen molar-refractivity contribution in [3.8, 4) is 5.75 Å². The number of ether oxygens (including phenoxy) is 4. The maximum atomic E-state index is 11.4. The quantitative estimate of drug-likeness (QED) is 0.0127. The van der Waals surface area contributed by atoms with Crippen LogP contribution in [0.3, 0.4) is 0 Å². The zero-order chi connectivity index (χ0) is 99.1. The number of hydrogen-bond acceptors (Lipinski definition) is 24. The van der Waals surface area contributed by atoms with E-state index in [1.165, 1.54) is 101 Å². The first-order valence-electron chi connectivity index (χ1n) is 49.2. The first-order chi connectivity index (χ1) is 60.0. The average Bonchev–Trinajstić information content (AvgIpc) is 0.862. The number of rotatable bonds is 42. The first kappa shape index (κ1) is 143. The minimum absolute atomic E-state index is 0. The van der Waals surface area contributed by atoms with Crippen molar-refractivity contribution in [1.82, 2.24) is 31.0 Å². The summed E-state index contributed by atoms with van der Waals surface area (Å²) in [4.78, 5) is 37.2. The Morgan fingerprint density at radius 2 is 1.18 bits per heavy atom. The number of hydrogen-bond donors (Lipinski definition) is 11. The van der Waals surface area contributed by atoms with Gasteiger partial charge in [-0.3, -0.25) is 34.8 Å². The number of nitrogens with zero attached hydrogens (tertiary/aromatic N) is 3. The van der Waals surface area contributed by atoms with Gasteiger partial charge in [0.25, 0.3) is 0 Å².